The van der Waals surface area contributed by atoms with Gasteiger partial charge in [0, 0.05) is 5.39 Å². The van der Waals surface area contributed by atoms with E-state index in [1.54, 1.807) is 18.2 Å². The van der Waals surface area contributed by atoms with Crippen LogP contribution in [0.5, 0.6) is 0 Å². The van der Waals surface area contributed by atoms with Gasteiger partial charge in [-0.2, -0.15) is 0 Å². The zero-order valence-electron chi connectivity index (χ0n) is 12.8. The SMILES string of the molecule is O=C(O)C[C@H](NC(=O)c1cc2ccc(Cl)nc2[nH]1)c1ccc(F)cc1. The number of aromatic amines is 1. The fourth-order valence-electron chi connectivity index (χ4n) is 2.46. The monoisotopic (exact) mass is 361 g/mol. The van der Waals surface area contributed by atoms with Crippen LogP contribution in [0.15, 0.2) is 42.5 Å². The van der Waals surface area contributed by atoms with Crippen molar-refractivity contribution >= 4 is 34.5 Å². The third-order valence-electron chi connectivity index (χ3n) is 3.65. The molecule has 3 aromatic rings. The molecule has 1 atom stereocenters. The number of carbonyl (C=O) groups excluding carboxylic acids is 1. The number of pyridine rings is 1. The fraction of sp³-hybridized carbons (Fsp3) is 0.118. The van der Waals surface area contributed by atoms with Crippen LogP contribution in [0, 0.1) is 5.82 Å². The van der Waals surface area contributed by atoms with Crippen LogP contribution in [0.3, 0.4) is 0 Å². The van der Waals surface area contributed by atoms with E-state index in [1.165, 1.54) is 24.3 Å². The third-order valence-corrected chi connectivity index (χ3v) is 3.86. The number of hydrogen-bond donors (Lipinski definition) is 3. The van der Waals surface area contributed by atoms with Crippen molar-refractivity contribution in [1.29, 1.82) is 0 Å². The minimum atomic E-state index is -1.08. The van der Waals surface area contributed by atoms with Gasteiger partial charge in [0.05, 0.1) is 12.5 Å². The van der Waals surface area contributed by atoms with Gasteiger partial charge in [0.15, 0.2) is 0 Å². The summed E-state index contributed by atoms with van der Waals surface area (Å²) < 4.78 is 13.1. The highest BCUT2D eigenvalue weighted by atomic mass is 35.5. The maximum absolute atomic E-state index is 13.1. The van der Waals surface area contributed by atoms with E-state index in [4.69, 9.17) is 16.7 Å². The van der Waals surface area contributed by atoms with Crippen molar-refractivity contribution in [3.8, 4) is 0 Å². The molecule has 0 unspecified atom stereocenters. The number of aromatic nitrogens is 2. The molecule has 0 fully saturated rings. The molecule has 0 aliphatic carbocycles. The number of aliphatic carboxylic acids is 1. The van der Waals surface area contributed by atoms with Crippen LogP contribution in [0.25, 0.3) is 11.0 Å². The van der Waals surface area contributed by atoms with E-state index in [9.17, 15) is 14.0 Å². The van der Waals surface area contributed by atoms with E-state index in [-0.39, 0.29) is 17.3 Å². The van der Waals surface area contributed by atoms with Crippen LogP contribution in [0.2, 0.25) is 5.15 Å². The molecule has 8 heteroatoms. The van der Waals surface area contributed by atoms with Crippen LogP contribution < -0.4 is 5.32 Å². The number of carboxylic acids is 1. The predicted molar refractivity (Wildman–Crippen MR) is 90.0 cm³/mol. The minimum Gasteiger partial charge on any atom is -0.481 e. The zero-order valence-corrected chi connectivity index (χ0v) is 13.5. The number of amides is 1. The Balaban J connectivity index is 1.85. The average molecular weight is 362 g/mol. The Morgan fingerprint density at radius 1 is 1.24 bits per heavy atom. The van der Waals surface area contributed by atoms with Gasteiger partial charge >= 0.3 is 5.97 Å². The molecule has 0 radical (unpaired) electrons. The number of benzene rings is 1. The van der Waals surface area contributed by atoms with Crippen LogP contribution in [0.1, 0.15) is 28.5 Å². The molecule has 1 aromatic carbocycles. The highest BCUT2D eigenvalue weighted by molar-refractivity contribution is 6.29. The maximum atomic E-state index is 13.1. The molecular formula is C17H13ClFN3O3. The van der Waals surface area contributed by atoms with Gasteiger partial charge in [0.2, 0.25) is 0 Å². The smallest absolute Gasteiger partial charge is 0.305 e. The van der Waals surface area contributed by atoms with Gasteiger partial charge in [0.1, 0.15) is 22.3 Å². The fourth-order valence-corrected chi connectivity index (χ4v) is 2.61. The molecule has 1 amide bonds. The van der Waals surface area contributed by atoms with Gasteiger partial charge in [-0.05, 0) is 35.9 Å². The largest absolute Gasteiger partial charge is 0.481 e. The first-order valence-electron chi connectivity index (χ1n) is 7.36. The Hall–Kier alpha value is -2.93. The molecule has 0 aliphatic rings. The number of nitrogens with zero attached hydrogens (tertiary/aromatic N) is 1. The first kappa shape index (κ1) is 16.9. The number of nitrogens with one attached hydrogen (secondary N) is 2. The molecule has 2 aromatic heterocycles. The number of fused-ring (bicyclic) bond motifs is 1. The normalized spacial score (nSPS) is 12.1. The Morgan fingerprint density at radius 2 is 1.96 bits per heavy atom. The van der Waals surface area contributed by atoms with E-state index in [1.807, 2.05) is 0 Å². The maximum Gasteiger partial charge on any atom is 0.305 e. The van der Waals surface area contributed by atoms with E-state index in [2.05, 4.69) is 15.3 Å². The highest BCUT2D eigenvalue weighted by Crippen LogP contribution is 2.20. The molecular weight excluding hydrogens is 349 g/mol. The van der Waals surface area contributed by atoms with E-state index >= 15 is 0 Å². The summed E-state index contributed by atoms with van der Waals surface area (Å²) >= 11 is 5.81. The number of rotatable bonds is 5. The Kier molecular flexibility index (Phi) is 4.67. The second-order valence-electron chi connectivity index (χ2n) is 5.43. The summed E-state index contributed by atoms with van der Waals surface area (Å²) in [6, 6.07) is 9.42. The van der Waals surface area contributed by atoms with E-state index in [0.717, 1.165) is 0 Å². The lowest BCUT2D eigenvalue weighted by Gasteiger charge is -2.17. The Morgan fingerprint density at radius 3 is 2.64 bits per heavy atom. The van der Waals surface area contributed by atoms with Crippen molar-refractivity contribution in [3.05, 3.63) is 64.7 Å². The first-order chi connectivity index (χ1) is 11.9. The number of H-pyrrole nitrogens is 1. The van der Waals surface area contributed by atoms with Crippen molar-refractivity contribution in [1.82, 2.24) is 15.3 Å². The molecule has 0 saturated carbocycles. The zero-order chi connectivity index (χ0) is 18.0. The second-order valence-corrected chi connectivity index (χ2v) is 5.82. The number of carbonyl (C=O) groups is 2. The number of carboxylic acid groups (broad SMARTS) is 1. The second kappa shape index (κ2) is 6.90. The standard InChI is InChI=1S/C17H13ClFN3O3/c18-14-6-3-10-7-13(20-16(10)22-14)17(25)21-12(8-15(23)24)9-1-4-11(19)5-2-9/h1-7,12H,8H2,(H,20,22)(H,21,25)(H,23,24)/t12-/m0/s1. The van der Waals surface area contributed by atoms with Crippen molar-refractivity contribution < 1.29 is 19.1 Å². The Bertz CT molecular complexity index is 940. The van der Waals surface area contributed by atoms with Gasteiger partial charge in [0.25, 0.3) is 5.91 Å². The molecule has 3 rings (SSSR count). The summed E-state index contributed by atoms with van der Waals surface area (Å²) in [6.07, 6.45) is -0.332. The lowest BCUT2D eigenvalue weighted by Crippen LogP contribution is -2.30. The molecule has 25 heavy (non-hydrogen) atoms. The van der Waals surface area contributed by atoms with Gasteiger partial charge in [-0.25, -0.2) is 9.37 Å². The van der Waals surface area contributed by atoms with Crippen molar-refractivity contribution in [2.45, 2.75) is 12.5 Å². The topological polar surface area (TPSA) is 95.1 Å². The third kappa shape index (κ3) is 3.95. The molecule has 128 valence electrons. The van der Waals surface area contributed by atoms with Crippen molar-refractivity contribution in [3.63, 3.8) is 0 Å². The molecule has 0 saturated heterocycles. The average Bonchev–Trinajstić information content (AvgIpc) is 2.97. The van der Waals surface area contributed by atoms with Crippen molar-refractivity contribution in [2.75, 3.05) is 0 Å². The highest BCUT2D eigenvalue weighted by Gasteiger charge is 2.20. The Labute approximate surface area is 146 Å². The lowest BCUT2D eigenvalue weighted by atomic mass is 10.0. The summed E-state index contributed by atoms with van der Waals surface area (Å²) in [5.41, 5.74) is 1.17. The van der Waals surface area contributed by atoms with E-state index < -0.39 is 23.7 Å². The van der Waals surface area contributed by atoms with Crippen LogP contribution in [0.4, 0.5) is 4.39 Å². The summed E-state index contributed by atoms with van der Waals surface area (Å²) in [7, 11) is 0. The summed E-state index contributed by atoms with van der Waals surface area (Å²) in [5.74, 6) is -2.02. The summed E-state index contributed by atoms with van der Waals surface area (Å²) in [4.78, 5) is 30.5. The van der Waals surface area contributed by atoms with Gasteiger partial charge in [-0.15, -0.1) is 0 Å². The number of halogens is 2. The molecule has 0 aliphatic heterocycles. The quantitative estimate of drug-likeness (QED) is 0.607. The molecule has 0 bridgehead atoms. The molecule has 3 N–H and O–H groups in total. The number of hydrogen-bond acceptors (Lipinski definition) is 3. The minimum absolute atomic E-state index is 0.224. The molecule has 6 nitrogen and oxygen atoms in total. The van der Waals surface area contributed by atoms with Crippen LogP contribution >= 0.6 is 11.6 Å². The van der Waals surface area contributed by atoms with Crippen LogP contribution in [-0.2, 0) is 4.79 Å². The lowest BCUT2D eigenvalue weighted by molar-refractivity contribution is -0.137. The molecule has 0 spiro atoms. The van der Waals surface area contributed by atoms with Crippen molar-refractivity contribution in [2.24, 2.45) is 0 Å². The molecule has 2 heterocycles. The summed E-state index contributed by atoms with van der Waals surface area (Å²) in [5, 5.41) is 12.7. The van der Waals surface area contributed by atoms with E-state index in [0.29, 0.717) is 16.6 Å². The van der Waals surface area contributed by atoms with Gasteiger partial charge in [-0.1, -0.05) is 23.7 Å². The predicted octanol–water partition coefficient (Wildman–Crippen LogP) is 3.30. The summed E-state index contributed by atoms with van der Waals surface area (Å²) in [6.45, 7) is 0. The van der Waals surface area contributed by atoms with Gasteiger partial charge in [-0.3, -0.25) is 9.59 Å². The van der Waals surface area contributed by atoms with Gasteiger partial charge < -0.3 is 15.4 Å². The first-order valence-corrected chi connectivity index (χ1v) is 7.73. The van der Waals surface area contributed by atoms with Crippen LogP contribution in [-0.4, -0.2) is 27.0 Å².